The Morgan fingerprint density at radius 1 is 1.07 bits per heavy atom. The molecule has 7 nitrogen and oxygen atoms in total. The molecule has 28 heavy (non-hydrogen) atoms. The van der Waals surface area contributed by atoms with Crippen molar-refractivity contribution in [1.82, 2.24) is 9.71 Å². The van der Waals surface area contributed by atoms with Crippen LogP contribution in [0.4, 0.5) is 0 Å². The van der Waals surface area contributed by atoms with E-state index in [1.807, 2.05) is 24.3 Å². The molecule has 0 saturated heterocycles. The van der Waals surface area contributed by atoms with Crippen LogP contribution in [-0.4, -0.2) is 37.8 Å². The SMILES string of the molecule is C[C@H](OC(=O)CCNS(=O)(=O)c1ccccc1)C(=O)c1c[nH]c2ccccc12. The lowest BCUT2D eigenvalue weighted by molar-refractivity contribution is -0.146. The van der Waals surface area contributed by atoms with E-state index in [-0.39, 0.29) is 23.6 Å². The van der Waals surface area contributed by atoms with Gasteiger partial charge in [0.05, 0.1) is 11.3 Å². The summed E-state index contributed by atoms with van der Waals surface area (Å²) in [6.07, 6.45) is 0.431. The smallest absolute Gasteiger partial charge is 0.307 e. The molecule has 0 fully saturated rings. The van der Waals surface area contributed by atoms with E-state index < -0.39 is 22.1 Å². The maximum Gasteiger partial charge on any atom is 0.307 e. The van der Waals surface area contributed by atoms with E-state index in [0.717, 1.165) is 10.9 Å². The minimum atomic E-state index is -3.69. The van der Waals surface area contributed by atoms with Gasteiger partial charge in [-0.1, -0.05) is 36.4 Å². The average molecular weight is 400 g/mol. The second-order valence-electron chi connectivity index (χ2n) is 6.21. The lowest BCUT2D eigenvalue weighted by atomic mass is 10.1. The number of esters is 1. The Labute approximate surface area is 162 Å². The summed E-state index contributed by atoms with van der Waals surface area (Å²) in [5.41, 5.74) is 1.26. The molecule has 0 saturated carbocycles. The number of H-pyrrole nitrogens is 1. The van der Waals surface area contributed by atoms with Gasteiger partial charge in [0.1, 0.15) is 0 Å². The van der Waals surface area contributed by atoms with Gasteiger partial charge in [0.15, 0.2) is 6.10 Å². The predicted octanol–water partition coefficient (Wildman–Crippen LogP) is 2.65. The van der Waals surface area contributed by atoms with E-state index in [1.54, 1.807) is 24.4 Å². The molecule has 0 aliphatic carbocycles. The number of rotatable bonds is 8. The molecule has 0 amide bonds. The first-order chi connectivity index (χ1) is 13.4. The van der Waals surface area contributed by atoms with Crippen molar-refractivity contribution >= 4 is 32.7 Å². The van der Waals surface area contributed by atoms with Crippen LogP contribution in [0.15, 0.2) is 65.7 Å². The largest absolute Gasteiger partial charge is 0.454 e. The van der Waals surface area contributed by atoms with Crippen LogP contribution in [0, 0.1) is 0 Å². The second-order valence-corrected chi connectivity index (χ2v) is 7.97. The summed E-state index contributed by atoms with van der Waals surface area (Å²) < 4.78 is 31.7. The summed E-state index contributed by atoms with van der Waals surface area (Å²) >= 11 is 0. The number of carbonyl (C=O) groups is 2. The number of sulfonamides is 1. The zero-order valence-corrected chi connectivity index (χ0v) is 16.0. The quantitative estimate of drug-likeness (QED) is 0.447. The number of para-hydroxylation sites is 1. The van der Waals surface area contributed by atoms with E-state index in [9.17, 15) is 18.0 Å². The van der Waals surface area contributed by atoms with Crippen molar-refractivity contribution in [1.29, 1.82) is 0 Å². The third kappa shape index (κ3) is 4.47. The van der Waals surface area contributed by atoms with Gasteiger partial charge in [-0.05, 0) is 25.1 Å². The van der Waals surface area contributed by atoms with E-state index >= 15 is 0 Å². The van der Waals surface area contributed by atoms with Gasteiger partial charge in [0, 0.05) is 29.2 Å². The van der Waals surface area contributed by atoms with Gasteiger partial charge < -0.3 is 9.72 Å². The molecule has 0 bridgehead atoms. The van der Waals surface area contributed by atoms with Crippen LogP contribution in [0.1, 0.15) is 23.7 Å². The number of fused-ring (bicyclic) bond motifs is 1. The molecular formula is C20H20N2O5S. The summed E-state index contributed by atoms with van der Waals surface area (Å²) in [5.74, 6) is -0.980. The Hall–Kier alpha value is -2.97. The summed E-state index contributed by atoms with van der Waals surface area (Å²) in [6.45, 7) is 1.38. The Morgan fingerprint density at radius 2 is 1.75 bits per heavy atom. The standard InChI is InChI=1S/C20H20N2O5S/c1-14(20(24)17-13-21-18-10-6-5-9-16(17)18)27-19(23)11-12-22-28(25,26)15-7-3-2-4-8-15/h2-10,13-14,21-22H,11-12H2,1H3/t14-/m0/s1. The molecule has 1 aromatic heterocycles. The first kappa shape index (κ1) is 19.8. The van der Waals surface area contributed by atoms with Crippen molar-refractivity contribution in [3.63, 3.8) is 0 Å². The number of aromatic nitrogens is 1. The van der Waals surface area contributed by atoms with Gasteiger partial charge in [-0.15, -0.1) is 0 Å². The fraction of sp³-hybridized carbons (Fsp3) is 0.200. The van der Waals surface area contributed by atoms with Crippen molar-refractivity contribution in [2.45, 2.75) is 24.3 Å². The van der Waals surface area contributed by atoms with Gasteiger partial charge in [-0.3, -0.25) is 9.59 Å². The molecule has 3 rings (SSSR count). The molecule has 1 atom stereocenters. The average Bonchev–Trinajstić information content (AvgIpc) is 3.12. The maximum atomic E-state index is 12.6. The normalized spacial score (nSPS) is 12.6. The van der Waals surface area contributed by atoms with Crippen molar-refractivity contribution in [3.05, 3.63) is 66.4 Å². The summed E-state index contributed by atoms with van der Waals surface area (Å²) in [5, 5.41) is 0.756. The number of hydrogen-bond donors (Lipinski definition) is 2. The lowest BCUT2D eigenvalue weighted by Crippen LogP contribution is -2.29. The highest BCUT2D eigenvalue weighted by molar-refractivity contribution is 7.89. The van der Waals surface area contributed by atoms with E-state index in [4.69, 9.17) is 4.74 Å². The summed E-state index contributed by atoms with van der Waals surface area (Å²) in [4.78, 5) is 27.7. The highest BCUT2D eigenvalue weighted by Crippen LogP contribution is 2.20. The highest BCUT2D eigenvalue weighted by atomic mass is 32.2. The maximum absolute atomic E-state index is 12.6. The fourth-order valence-corrected chi connectivity index (χ4v) is 3.83. The molecule has 0 unspecified atom stereocenters. The van der Waals surface area contributed by atoms with Gasteiger partial charge in [-0.2, -0.15) is 0 Å². The van der Waals surface area contributed by atoms with Gasteiger partial charge >= 0.3 is 5.97 Å². The van der Waals surface area contributed by atoms with Crippen LogP contribution in [0.2, 0.25) is 0 Å². The minimum absolute atomic E-state index is 0.117. The third-order valence-electron chi connectivity index (χ3n) is 4.21. The first-order valence-corrected chi connectivity index (χ1v) is 10.2. The van der Waals surface area contributed by atoms with Crippen LogP contribution in [-0.2, 0) is 19.6 Å². The zero-order valence-electron chi connectivity index (χ0n) is 15.2. The molecule has 0 radical (unpaired) electrons. The minimum Gasteiger partial charge on any atom is -0.454 e. The number of aromatic amines is 1. The monoisotopic (exact) mass is 400 g/mol. The van der Waals surface area contributed by atoms with Crippen LogP contribution in [0.3, 0.4) is 0 Å². The van der Waals surface area contributed by atoms with Crippen LogP contribution in [0.25, 0.3) is 10.9 Å². The Balaban J connectivity index is 1.54. The Morgan fingerprint density at radius 3 is 2.50 bits per heavy atom. The van der Waals surface area contributed by atoms with Gasteiger partial charge in [-0.25, -0.2) is 13.1 Å². The van der Waals surface area contributed by atoms with Crippen molar-refractivity contribution in [3.8, 4) is 0 Å². The molecule has 3 aromatic rings. The molecule has 146 valence electrons. The lowest BCUT2D eigenvalue weighted by Gasteiger charge is -2.12. The molecule has 2 N–H and O–H groups in total. The molecule has 1 heterocycles. The van der Waals surface area contributed by atoms with Crippen molar-refractivity contribution < 1.29 is 22.7 Å². The number of carbonyl (C=O) groups excluding carboxylic acids is 2. The highest BCUT2D eigenvalue weighted by Gasteiger charge is 2.22. The van der Waals surface area contributed by atoms with Crippen LogP contribution >= 0.6 is 0 Å². The molecule has 2 aromatic carbocycles. The second kappa shape index (κ2) is 8.37. The summed E-state index contributed by atoms with van der Waals surface area (Å²) in [6, 6.07) is 15.2. The number of benzene rings is 2. The van der Waals surface area contributed by atoms with Gasteiger partial charge in [0.2, 0.25) is 15.8 Å². The van der Waals surface area contributed by atoms with Crippen LogP contribution in [0.5, 0.6) is 0 Å². The number of hydrogen-bond acceptors (Lipinski definition) is 5. The first-order valence-electron chi connectivity index (χ1n) is 8.73. The van der Waals surface area contributed by atoms with E-state index in [0.29, 0.717) is 5.56 Å². The van der Waals surface area contributed by atoms with Crippen LogP contribution < -0.4 is 4.72 Å². The molecule has 8 heteroatoms. The zero-order chi connectivity index (χ0) is 20.1. The Bertz CT molecular complexity index is 1090. The van der Waals surface area contributed by atoms with E-state index in [2.05, 4.69) is 9.71 Å². The number of nitrogens with one attached hydrogen (secondary N) is 2. The van der Waals surface area contributed by atoms with Crippen molar-refractivity contribution in [2.24, 2.45) is 0 Å². The van der Waals surface area contributed by atoms with Gasteiger partial charge in [0.25, 0.3) is 0 Å². The molecular weight excluding hydrogens is 380 g/mol. The summed E-state index contributed by atoms with van der Waals surface area (Å²) in [7, 11) is -3.69. The molecule has 0 aliphatic rings. The fourth-order valence-electron chi connectivity index (χ4n) is 2.77. The number of ketones is 1. The Kier molecular flexibility index (Phi) is 5.91. The topological polar surface area (TPSA) is 105 Å². The molecule has 0 aliphatic heterocycles. The number of ether oxygens (including phenoxy) is 1. The predicted molar refractivity (Wildman–Crippen MR) is 104 cm³/mol. The van der Waals surface area contributed by atoms with Crippen molar-refractivity contribution in [2.75, 3.05) is 6.54 Å². The number of Topliss-reactive ketones (excluding diaryl/α,β-unsaturated/α-hetero) is 1. The van der Waals surface area contributed by atoms with E-state index in [1.165, 1.54) is 19.1 Å². The third-order valence-corrected chi connectivity index (χ3v) is 5.68. The molecule has 0 spiro atoms.